The first-order valence-corrected chi connectivity index (χ1v) is 12.3. The van der Waals surface area contributed by atoms with E-state index in [2.05, 4.69) is 63.1 Å². The Labute approximate surface area is 196 Å². The molecule has 6 rings (SSSR count). The lowest BCUT2D eigenvalue weighted by Crippen LogP contribution is -2.49. The first-order chi connectivity index (χ1) is 16.3. The van der Waals surface area contributed by atoms with Crippen molar-refractivity contribution in [1.82, 2.24) is 9.88 Å². The van der Waals surface area contributed by atoms with Crippen molar-refractivity contribution < 1.29 is 4.74 Å². The molecule has 0 amide bonds. The molecule has 0 spiro atoms. The van der Waals surface area contributed by atoms with Gasteiger partial charge in [0, 0.05) is 57.6 Å². The van der Waals surface area contributed by atoms with Gasteiger partial charge in [0.1, 0.15) is 11.5 Å². The van der Waals surface area contributed by atoms with Gasteiger partial charge in [0.15, 0.2) is 0 Å². The fourth-order valence-electron chi connectivity index (χ4n) is 6.02. The molecular weight excluding hydrogens is 408 g/mol. The number of ether oxygens (including phenoxy) is 1. The summed E-state index contributed by atoms with van der Waals surface area (Å²) in [5.41, 5.74) is 5.79. The van der Waals surface area contributed by atoms with Crippen LogP contribution in [-0.2, 0) is 6.42 Å². The Morgan fingerprint density at radius 3 is 2.76 bits per heavy atom. The molecule has 3 aliphatic rings. The predicted octanol–water partition coefficient (Wildman–Crippen LogP) is 4.93. The van der Waals surface area contributed by atoms with Crippen molar-refractivity contribution in [3.63, 3.8) is 0 Å². The second-order valence-corrected chi connectivity index (χ2v) is 9.59. The molecule has 2 atom stereocenters. The maximum absolute atomic E-state index is 6.13. The Balaban J connectivity index is 1.10. The summed E-state index contributed by atoms with van der Waals surface area (Å²) in [7, 11) is 2.23. The minimum Gasteiger partial charge on any atom is -0.457 e. The van der Waals surface area contributed by atoms with E-state index in [1.165, 1.54) is 36.4 Å². The lowest BCUT2D eigenvalue weighted by molar-refractivity contribution is 0.191. The fraction of sp³-hybridized carbons (Fsp3) is 0.393. The second kappa shape index (κ2) is 8.71. The van der Waals surface area contributed by atoms with Gasteiger partial charge in [-0.05, 0) is 61.2 Å². The van der Waals surface area contributed by atoms with Gasteiger partial charge < -0.3 is 19.4 Å². The highest BCUT2D eigenvalue weighted by molar-refractivity contribution is 5.80. The van der Waals surface area contributed by atoms with E-state index in [1.54, 1.807) is 18.0 Å². The lowest BCUT2D eigenvalue weighted by Gasteiger charge is -2.41. The standard InChI is InChI=1S/C28H32N4O/c1-30-18-19-32-25-13-17-31(20-24(25)23-8-4-9-26(30)28(23)32)16-5-7-21-6-2-3-10-27(21)33-22-11-14-29-15-12-22/h2-4,6,8-12,14-15,24-25H,5,7,13,16-20H2,1H3/t24-,25-/m0/s1. The van der Waals surface area contributed by atoms with Gasteiger partial charge in [0.25, 0.3) is 0 Å². The van der Waals surface area contributed by atoms with Gasteiger partial charge in [-0.2, -0.15) is 0 Å². The zero-order chi connectivity index (χ0) is 22.2. The SMILES string of the molecule is CN1CCN2c3c(cccc31)[C@@H]1CN(CCCc3ccccc3Oc3ccncc3)CC[C@@H]12. The summed E-state index contributed by atoms with van der Waals surface area (Å²) in [6, 6.07) is 19.9. The Kier molecular flexibility index (Phi) is 5.43. The minimum absolute atomic E-state index is 0.641. The van der Waals surface area contributed by atoms with Crippen LogP contribution in [0.15, 0.2) is 67.0 Å². The number of rotatable bonds is 6. The van der Waals surface area contributed by atoms with Gasteiger partial charge in [0.2, 0.25) is 0 Å². The highest BCUT2D eigenvalue weighted by Crippen LogP contribution is 2.50. The molecular formula is C28H32N4O. The number of likely N-dealkylation sites (tertiary alicyclic amines) is 1. The molecule has 1 fully saturated rings. The zero-order valence-corrected chi connectivity index (χ0v) is 19.4. The Hall–Kier alpha value is -3.05. The number of hydrogen-bond donors (Lipinski definition) is 0. The Bertz CT molecular complexity index is 1120. The molecule has 5 heteroatoms. The van der Waals surface area contributed by atoms with Crippen molar-refractivity contribution >= 4 is 11.4 Å². The van der Waals surface area contributed by atoms with Gasteiger partial charge in [-0.15, -0.1) is 0 Å². The summed E-state index contributed by atoms with van der Waals surface area (Å²) in [6.07, 6.45) is 6.99. The van der Waals surface area contributed by atoms with E-state index in [0.29, 0.717) is 12.0 Å². The molecule has 3 aromatic rings. The molecule has 1 aromatic heterocycles. The summed E-state index contributed by atoms with van der Waals surface area (Å²) in [5, 5.41) is 0. The number of benzene rings is 2. The van der Waals surface area contributed by atoms with E-state index >= 15 is 0 Å². The van der Waals surface area contributed by atoms with Crippen LogP contribution in [0.4, 0.5) is 11.4 Å². The second-order valence-electron chi connectivity index (χ2n) is 9.59. The van der Waals surface area contributed by atoms with E-state index < -0.39 is 0 Å². The predicted molar refractivity (Wildman–Crippen MR) is 134 cm³/mol. The monoisotopic (exact) mass is 440 g/mol. The number of likely N-dealkylation sites (N-methyl/N-ethyl adjacent to an activating group) is 1. The molecule has 1 saturated heterocycles. The largest absolute Gasteiger partial charge is 0.457 e. The third-order valence-electron chi connectivity index (χ3n) is 7.65. The number of anilines is 2. The normalized spacial score (nSPS) is 21.6. The zero-order valence-electron chi connectivity index (χ0n) is 19.4. The van der Waals surface area contributed by atoms with Crippen molar-refractivity contribution in [2.24, 2.45) is 0 Å². The van der Waals surface area contributed by atoms with Crippen molar-refractivity contribution in [3.8, 4) is 11.5 Å². The third kappa shape index (κ3) is 3.84. The Morgan fingerprint density at radius 2 is 1.85 bits per heavy atom. The van der Waals surface area contributed by atoms with Gasteiger partial charge in [0.05, 0.1) is 11.4 Å². The molecule has 0 saturated carbocycles. The molecule has 170 valence electrons. The van der Waals surface area contributed by atoms with E-state index in [0.717, 1.165) is 44.0 Å². The van der Waals surface area contributed by atoms with Gasteiger partial charge in [-0.1, -0.05) is 30.3 Å². The lowest BCUT2D eigenvalue weighted by atomic mass is 9.89. The minimum atomic E-state index is 0.641. The number of fused-ring (bicyclic) bond motifs is 3. The summed E-state index contributed by atoms with van der Waals surface area (Å²) in [5.74, 6) is 2.44. The summed E-state index contributed by atoms with van der Waals surface area (Å²) >= 11 is 0. The van der Waals surface area contributed by atoms with Gasteiger partial charge in [-0.25, -0.2) is 0 Å². The molecule has 0 N–H and O–H groups in total. The number of nitrogens with zero attached hydrogens (tertiary/aromatic N) is 4. The van der Waals surface area contributed by atoms with E-state index in [9.17, 15) is 0 Å². The van der Waals surface area contributed by atoms with Crippen LogP contribution in [-0.4, -0.2) is 55.7 Å². The topological polar surface area (TPSA) is 31.8 Å². The summed E-state index contributed by atoms with van der Waals surface area (Å²) < 4.78 is 6.13. The van der Waals surface area contributed by atoms with Crippen molar-refractivity contribution in [2.45, 2.75) is 31.2 Å². The molecule has 4 heterocycles. The molecule has 3 aliphatic heterocycles. The number of pyridine rings is 1. The molecule has 5 nitrogen and oxygen atoms in total. The van der Waals surface area contributed by atoms with E-state index in [1.807, 2.05) is 18.2 Å². The smallest absolute Gasteiger partial charge is 0.130 e. The van der Waals surface area contributed by atoms with Gasteiger partial charge >= 0.3 is 0 Å². The van der Waals surface area contributed by atoms with Crippen LogP contribution in [0, 0.1) is 0 Å². The number of piperidine rings is 1. The number of aromatic nitrogens is 1. The van der Waals surface area contributed by atoms with Crippen LogP contribution < -0.4 is 14.5 Å². The fourth-order valence-corrected chi connectivity index (χ4v) is 6.02. The molecule has 33 heavy (non-hydrogen) atoms. The number of aryl methyl sites for hydroxylation is 1. The molecule has 0 radical (unpaired) electrons. The van der Waals surface area contributed by atoms with Crippen LogP contribution in [0.3, 0.4) is 0 Å². The maximum Gasteiger partial charge on any atom is 0.130 e. The summed E-state index contributed by atoms with van der Waals surface area (Å²) in [4.78, 5) is 11.9. The quantitative estimate of drug-likeness (QED) is 0.542. The molecule has 0 aliphatic carbocycles. The first kappa shape index (κ1) is 20.5. The average molecular weight is 441 g/mol. The van der Waals surface area contributed by atoms with Gasteiger partial charge in [-0.3, -0.25) is 4.98 Å². The van der Waals surface area contributed by atoms with Crippen molar-refractivity contribution in [1.29, 1.82) is 0 Å². The van der Waals surface area contributed by atoms with Crippen LogP contribution in [0.25, 0.3) is 0 Å². The molecule has 0 bridgehead atoms. The molecule has 0 unspecified atom stereocenters. The first-order valence-electron chi connectivity index (χ1n) is 12.3. The average Bonchev–Trinajstić information content (AvgIpc) is 3.17. The van der Waals surface area contributed by atoms with Crippen LogP contribution in [0.5, 0.6) is 11.5 Å². The number of hydrogen-bond acceptors (Lipinski definition) is 5. The maximum atomic E-state index is 6.13. The third-order valence-corrected chi connectivity index (χ3v) is 7.65. The summed E-state index contributed by atoms with van der Waals surface area (Å²) in [6.45, 7) is 5.81. The highest BCUT2D eigenvalue weighted by Gasteiger charge is 2.44. The van der Waals surface area contributed by atoms with Crippen molar-refractivity contribution in [2.75, 3.05) is 49.6 Å². The van der Waals surface area contributed by atoms with Crippen LogP contribution >= 0.6 is 0 Å². The van der Waals surface area contributed by atoms with E-state index in [4.69, 9.17) is 4.74 Å². The highest BCUT2D eigenvalue weighted by atomic mass is 16.5. The number of para-hydroxylation sites is 2. The van der Waals surface area contributed by atoms with Crippen LogP contribution in [0.2, 0.25) is 0 Å². The van der Waals surface area contributed by atoms with E-state index in [-0.39, 0.29) is 0 Å². The van der Waals surface area contributed by atoms with Crippen molar-refractivity contribution in [3.05, 3.63) is 78.1 Å². The van der Waals surface area contributed by atoms with Crippen LogP contribution in [0.1, 0.15) is 29.9 Å². The molecule has 2 aromatic carbocycles. The Morgan fingerprint density at radius 1 is 0.970 bits per heavy atom.